The Morgan fingerprint density at radius 3 is 1.38 bits per heavy atom. The third-order valence-corrected chi connectivity index (χ3v) is 1.25. The lowest BCUT2D eigenvalue weighted by molar-refractivity contribution is 0.136. The van der Waals surface area contributed by atoms with Crippen LogP contribution < -0.4 is 0 Å². The van der Waals surface area contributed by atoms with Gasteiger partial charge in [-0.2, -0.15) is 5.26 Å². The molecule has 0 aromatic heterocycles. The monoisotopic (exact) mass is 208 g/mol. The minimum atomic E-state index is 0.0694. The number of hydrogen-bond donors (Lipinski definition) is 4. The van der Waals surface area contributed by atoms with E-state index in [1.807, 2.05) is 0 Å². The van der Waals surface area contributed by atoms with Gasteiger partial charge in [0.1, 0.15) is 5.40 Å². The van der Waals surface area contributed by atoms with Crippen LogP contribution in [-0.2, 0) is 0 Å². The summed E-state index contributed by atoms with van der Waals surface area (Å²) >= 11 is 3.09. The molecule has 0 aromatic rings. The first-order valence-electron chi connectivity index (χ1n) is 3.84. The van der Waals surface area contributed by atoms with Gasteiger partial charge in [0.05, 0.1) is 19.8 Å². The van der Waals surface area contributed by atoms with E-state index in [-0.39, 0.29) is 19.8 Å². The first-order chi connectivity index (χ1) is 6.26. The fourth-order valence-electron chi connectivity index (χ4n) is 0.760. The number of aliphatic hydroxyl groups excluding tert-OH is 3. The van der Waals surface area contributed by atoms with Crippen molar-refractivity contribution in [2.24, 2.45) is 0 Å². The largest absolute Gasteiger partial charge is 0.395 e. The van der Waals surface area contributed by atoms with E-state index in [4.69, 9.17) is 20.6 Å². The second-order valence-electron chi connectivity index (χ2n) is 2.11. The van der Waals surface area contributed by atoms with E-state index in [9.17, 15) is 0 Å². The minimum Gasteiger partial charge on any atom is -0.395 e. The molecular formula is C7H16N2O3S. The van der Waals surface area contributed by atoms with E-state index in [0.29, 0.717) is 19.6 Å². The standard InChI is InChI=1S/C6H15NO3.CHNS/c8-4-1-7(2-5-9)3-6-10;2-1-3/h8-10H,1-6H2;3H. The second-order valence-corrected chi connectivity index (χ2v) is 2.31. The van der Waals surface area contributed by atoms with Crippen LogP contribution >= 0.6 is 12.6 Å². The van der Waals surface area contributed by atoms with Gasteiger partial charge in [-0.3, -0.25) is 4.90 Å². The molecule has 0 amide bonds. The van der Waals surface area contributed by atoms with Crippen molar-refractivity contribution >= 4 is 12.6 Å². The van der Waals surface area contributed by atoms with Crippen molar-refractivity contribution in [2.45, 2.75) is 0 Å². The Labute approximate surface area is 83.6 Å². The first kappa shape index (κ1) is 15.2. The van der Waals surface area contributed by atoms with Gasteiger partial charge >= 0.3 is 0 Å². The molecule has 0 saturated carbocycles. The summed E-state index contributed by atoms with van der Waals surface area (Å²) in [4.78, 5) is 1.79. The summed E-state index contributed by atoms with van der Waals surface area (Å²) < 4.78 is 0. The molecule has 0 aliphatic rings. The molecule has 5 nitrogen and oxygen atoms in total. The van der Waals surface area contributed by atoms with Crippen molar-refractivity contribution in [1.82, 2.24) is 4.90 Å². The van der Waals surface area contributed by atoms with Crippen LogP contribution in [0.25, 0.3) is 0 Å². The van der Waals surface area contributed by atoms with Crippen molar-refractivity contribution in [3.63, 3.8) is 0 Å². The average molecular weight is 208 g/mol. The first-order valence-corrected chi connectivity index (χ1v) is 4.29. The fourth-order valence-corrected chi connectivity index (χ4v) is 0.760. The summed E-state index contributed by atoms with van der Waals surface area (Å²) in [5.74, 6) is 0. The predicted octanol–water partition coefficient (Wildman–Crippen LogP) is -1.34. The van der Waals surface area contributed by atoms with Gasteiger partial charge in [0.25, 0.3) is 0 Å². The Balaban J connectivity index is 0. The highest BCUT2D eigenvalue weighted by atomic mass is 32.1. The van der Waals surface area contributed by atoms with Gasteiger partial charge in [-0.25, -0.2) is 0 Å². The van der Waals surface area contributed by atoms with Crippen LogP contribution in [0.4, 0.5) is 0 Å². The number of aliphatic hydroxyl groups is 3. The zero-order chi connectivity index (χ0) is 10.5. The van der Waals surface area contributed by atoms with Crippen molar-refractivity contribution in [3.05, 3.63) is 0 Å². The molecule has 0 saturated heterocycles. The molecule has 0 unspecified atom stereocenters. The van der Waals surface area contributed by atoms with Crippen LogP contribution in [0.5, 0.6) is 0 Å². The topological polar surface area (TPSA) is 87.7 Å². The average Bonchev–Trinajstić information content (AvgIpc) is 2.07. The van der Waals surface area contributed by atoms with Crippen molar-refractivity contribution in [2.75, 3.05) is 39.5 Å². The Morgan fingerprint density at radius 2 is 1.23 bits per heavy atom. The summed E-state index contributed by atoms with van der Waals surface area (Å²) in [6.45, 7) is 1.75. The molecule has 13 heavy (non-hydrogen) atoms. The number of nitriles is 1. The molecule has 0 aromatic carbocycles. The van der Waals surface area contributed by atoms with Gasteiger partial charge in [0.15, 0.2) is 0 Å². The molecular weight excluding hydrogens is 192 g/mol. The molecule has 0 spiro atoms. The molecule has 3 N–H and O–H groups in total. The third-order valence-electron chi connectivity index (χ3n) is 1.25. The van der Waals surface area contributed by atoms with E-state index in [2.05, 4.69) is 12.6 Å². The molecule has 0 radical (unpaired) electrons. The molecule has 0 heterocycles. The van der Waals surface area contributed by atoms with E-state index in [1.165, 1.54) is 5.40 Å². The minimum absolute atomic E-state index is 0.0694. The normalized spacial score (nSPS) is 8.92. The highest BCUT2D eigenvalue weighted by molar-refractivity contribution is 7.85. The number of thiocyanates is 1. The summed E-state index contributed by atoms with van der Waals surface area (Å²) in [6, 6.07) is 0. The highest BCUT2D eigenvalue weighted by Crippen LogP contribution is 1.84. The zero-order valence-corrected chi connectivity index (χ0v) is 8.32. The van der Waals surface area contributed by atoms with Crippen molar-refractivity contribution < 1.29 is 15.3 Å². The van der Waals surface area contributed by atoms with Gasteiger partial charge in [0.2, 0.25) is 0 Å². The Hall–Kier alpha value is -0.320. The van der Waals surface area contributed by atoms with Crippen LogP contribution in [-0.4, -0.2) is 59.7 Å². The summed E-state index contributed by atoms with van der Waals surface area (Å²) in [6.07, 6.45) is 0. The molecule has 78 valence electrons. The number of hydrogen-bond acceptors (Lipinski definition) is 6. The van der Waals surface area contributed by atoms with Gasteiger partial charge in [-0.15, -0.1) is 0 Å². The third kappa shape index (κ3) is 14.5. The zero-order valence-electron chi connectivity index (χ0n) is 7.43. The van der Waals surface area contributed by atoms with E-state index in [1.54, 1.807) is 4.90 Å². The lowest BCUT2D eigenvalue weighted by atomic mass is 10.4. The van der Waals surface area contributed by atoms with Crippen LogP contribution in [0.2, 0.25) is 0 Å². The maximum absolute atomic E-state index is 8.48. The van der Waals surface area contributed by atoms with E-state index >= 15 is 0 Å². The number of rotatable bonds is 6. The smallest absolute Gasteiger partial charge is 0.130 e. The van der Waals surface area contributed by atoms with Gasteiger partial charge in [-0.05, 0) is 0 Å². The van der Waals surface area contributed by atoms with Crippen LogP contribution in [0.15, 0.2) is 0 Å². The maximum Gasteiger partial charge on any atom is 0.130 e. The Kier molecular flexibility index (Phi) is 16.6. The Morgan fingerprint density at radius 1 is 1.00 bits per heavy atom. The number of nitrogens with zero attached hydrogens (tertiary/aromatic N) is 2. The van der Waals surface area contributed by atoms with Gasteiger partial charge in [-0.1, -0.05) is 12.6 Å². The van der Waals surface area contributed by atoms with Gasteiger partial charge < -0.3 is 15.3 Å². The summed E-state index contributed by atoms with van der Waals surface area (Å²) in [5.41, 5.74) is 0. The van der Waals surface area contributed by atoms with Crippen molar-refractivity contribution in [3.8, 4) is 5.40 Å². The van der Waals surface area contributed by atoms with Crippen LogP contribution in [0.3, 0.4) is 0 Å². The maximum atomic E-state index is 8.48. The molecule has 0 aliphatic heterocycles. The van der Waals surface area contributed by atoms with E-state index in [0.717, 1.165) is 0 Å². The molecule has 0 aliphatic carbocycles. The van der Waals surface area contributed by atoms with E-state index < -0.39 is 0 Å². The second kappa shape index (κ2) is 14.2. The Bertz CT molecular complexity index is 115. The van der Waals surface area contributed by atoms with Crippen LogP contribution in [0.1, 0.15) is 0 Å². The number of thiol groups is 1. The van der Waals surface area contributed by atoms with Gasteiger partial charge in [0, 0.05) is 19.6 Å². The summed E-state index contributed by atoms with van der Waals surface area (Å²) in [5, 5.41) is 34.1. The summed E-state index contributed by atoms with van der Waals surface area (Å²) in [7, 11) is 0. The molecule has 6 heteroatoms. The molecule has 0 fully saturated rings. The molecule has 0 rings (SSSR count). The molecule has 0 atom stereocenters. The highest BCUT2D eigenvalue weighted by Gasteiger charge is 2.00. The quantitative estimate of drug-likeness (QED) is 0.321. The SMILES string of the molecule is N#CS.OCCN(CCO)CCO. The lowest BCUT2D eigenvalue weighted by Gasteiger charge is -2.17. The molecule has 0 bridgehead atoms. The van der Waals surface area contributed by atoms with Crippen LogP contribution in [0, 0.1) is 10.7 Å². The lowest BCUT2D eigenvalue weighted by Crippen LogP contribution is -2.32. The predicted molar refractivity (Wildman–Crippen MR) is 52.3 cm³/mol. The fraction of sp³-hybridized carbons (Fsp3) is 0.857. The van der Waals surface area contributed by atoms with Crippen molar-refractivity contribution in [1.29, 1.82) is 5.26 Å².